The maximum absolute atomic E-state index is 2.50. The quantitative estimate of drug-likeness (QED) is 0.176. The van der Waals surface area contributed by atoms with Gasteiger partial charge in [-0.15, -0.1) is 56.7 Å². The van der Waals surface area contributed by atoms with Gasteiger partial charge < -0.3 is 0 Å². The van der Waals surface area contributed by atoms with Crippen molar-refractivity contribution in [3.63, 3.8) is 0 Å². The van der Waals surface area contributed by atoms with Crippen molar-refractivity contribution in [2.24, 2.45) is 0 Å². The van der Waals surface area contributed by atoms with E-state index in [0.717, 1.165) is 0 Å². The molecule has 0 amide bonds. The number of hydrogen-bond donors (Lipinski definition) is 0. The van der Waals surface area contributed by atoms with Gasteiger partial charge in [0.05, 0.1) is 17.4 Å². The zero-order chi connectivity index (χ0) is 19.6. The maximum atomic E-state index is 2.50. The van der Waals surface area contributed by atoms with Crippen LogP contribution in [-0.2, 0) is 6.42 Å². The minimum Gasteiger partial charge on any atom is -0.143 e. The van der Waals surface area contributed by atoms with Gasteiger partial charge in [0.15, 0.2) is 0 Å². The molecule has 5 aromatic rings. The molecule has 0 bridgehead atoms. The highest BCUT2D eigenvalue weighted by Gasteiger charge is 2.17. The average Bonchev–Trinajstić information content (AvgIpc) is 3.49. The second-order valence-electron chi connectivity index (χ2n) is 7.79. The van der Waals surface area contributed by atoms with Crippen molar-refractivity contribution in [3.8, 4) is 9.75 Å². The summed E-state index contributed by atoms with van der Waals surface area (Å²) in [4.78, 5) is 4.42. The SMILES string of the molecule is CCCCCCCCCCc1cc2c(s1)sc1c3cc(-c4cccs4)sc3sc21. The van der Waals surface area contributed by atoms with Crippen molar-refractivity contribution in [3.05, 3.63) is 34.5 Å². The van der Waals surface area contributed by atoms with Crippen LogP contribution in [0.4, 0.5) is 0 Å². The van der Waals surface area contributed by atoms with Gasteiger partial charge in [0.2, 0.25) is 0 Å². The second kappa shape index (κ2) is 9.19. The highest BCUT2D eigenvalue weighted by molar-refractivity contribution is 7.50. The normalized spacial score (nSPS) is 12.2. The second-order valence-corrected chi connectivity index (χ2v) is 13.5. The number of aryl methyl sites for hydroxylation is 1. The third-order valence-electron chi connectivity index (χ3n) is 5.57. The van der Waals surface area contributed by atoms with E-state index in [0.29, 0.717) is 0 Å². The highest BCUT2D eigenvalue weighted by Crippen LogP contribution is 2.51. The van der Waals surface area contributed by atoms with Crippen molar-refractivity contribution >= 4 is 84.9 Å². The summed E-state index contributed by atoms with van der Waals surface area (Å²) in [6.45, 7) is 2.29. The highest BCUT2D eigenvalue weighted by atomic mass is 32.2. The predicted octanol–water partition coefficient (Wildman–Crippen LogP) is 10.8. The van der Waals surface area contributed by atoms with Crippen LogP contribution in [0.1, 0.15) is 63.2 Å². The lowest BCUT2D eigenvalue weighted by Crippen LogP contribution is -1.83. The molecule has 0 radical (unpaired) electrons. The molecule has 0 aliphatic carbocycles. The van der Waals surface area contributed by atoms with Crippen LogP contribution >= 0.6 is 56.7 Å². The first-order chi connectivity index (χ1) is 14.3. The number of unbranched alkanes of at least 4 members (excludes halogenated alkanes) is 7. The van der Waals surface area contributed by atoms with E-state index < -0.39 is 0 Å². The molecule has 152 valence electrons. The molecular formula is C24H26S5. The predicted molar refractivity (Wildman–Crippen MR) is 140 cm³/mol. The van der Waals surface area contributed by atoms with Gasteiger partial charge in [0.25, 0.3) is 0 Å². The Morgan fingerprint density at radius 2 is 1.38 bits per heavy atom. The topological polar surface area (TPSA) is 0 Å². The Morgan fingerprint density at radius 3 is 2.10 bits per heavy atom. The van der Waals surface area contributed by atoms with E-state index in [4.69, 9.17) is 0 Å². The Hall–Kier alpha value is -0.720. The molecule has 5 heterocycles. The largest absolute Gasteiger partial charge is 0.143 e. The van der Waals surface area contributed by atoms with E-state index in [2.05, 4.69) is 36.6 Å². The summed E-state index contributed by atoms with van der Waals surface area (Å²) in [5.74, 6) is 0. The van der Waals surface area contributed by atoms with Gasteiger partial charge in [-0.05, 0) is 36.4 Å². The first kappa shape index (κ1) is 20.2. The lowest BCUT2D eigenvalue weighted by atomic mass is 10.1. The average molecular weight is 475 g/mol. The molecule has 5 heteroatoms. The van der Waals surface area contributed by atoms with Gasteiger partial charge in [0, 0.05) is 25.4 Å². The minimum absolute atomic E-state index is 1.27. The first-order valence-electron chi connectivity index (χ1n) is 10.7. The van der Waals surface area contributed by atoms with Crippen LogP contribution in [0, 0.1) is 0 Å². The fourth-order valence-corrected chi connectivity index (χ4v) is 10.4. The molecule has 0 aromatic carbocycles. The summed E-state index contributed by atoms with van der Waals surface area (Å²) in [5, 5.41) is 5.18. The summed E-state index contributed by atoms with van der Waals surface area (Å²) < 4.78 is 6.07. The number of fused-ring (bicyclic) bond motifs is 5. The van der Waals surface area contributed by atoms with Gasteiger partial charge in [-0.3, -0.25) is 0 Å². The lowest BCUT2D eigenvalue weighted by Gasteiger charge is -2.00. The van der Waals surface area contributed by atoms with Crippen molar-refractivity contribution < 1.29 is 0 Å². The van der Waals surface area contributed by atoms with Gasteiger partial charge in [-0.25, -0.2) is 0 Å². The standard InChI is InChI=1S/C24H26S5/c1-2-3-4-5-6-7-8-9-11-16-14-17-21-22(28-23(17)26-16)18-15-20(27-24(18)29-21)19-12-10-13-25-19/h10,12-15H,2-9,11H2,1H3. The van der Waals surface area contributed by atoms with Crippen LogP contribution < -0.4 is 0 Å². The molecule has 0 saturated carbocycles. The van der Waals surface area contributed by atoms with E-state index >= 15 is 0 Å². The monoisotopic (exact) mass is 474 g/mol. The molecule has 0 atom stereocenters. The van der Waals surface area contributed by atoms with Crippen LogP contribution in [0.2, 0.25) is 0 Å². The van der Waals surface area contributed by atoms with Crippen LogP contribution in [0.25, 0.3) is 38.0 Å². The Kier molecular flexibility index (Phi) is 6.40. The summed E-state index contributed by atoms with van der Waals surface area (Å²) in [7, 11) is 0. The summed E-state index contributed by atoms with van der Waals surface area (Å²) in [6, 6.07) is 9.31. The summed E-state index contributed by atoms with van der Waals surface area (Å²) >= 11 is 9.89. The number of thiophene rings is 5. The molecule has 0 aliphatic heterocycles. The van der Waals surface area contributed by atoms with E-state index in [1.54, 1.807) is 4.88 Å². The fraction of sp³-hybridized carbons (Fsp3) is 0.417. The third kappa shape index (κ3) is 4.22. The third-order valence-corrected chi connectivity index (χ3v) is 11.8. The van der Waals surface area contributed by atoms with Gasteiger partial charge in [-0.1, -0.05) is 57.9 Å². The molecule has 5 aromatic heterocycles. The van der Waals surface area contributed by atoms with Crippen molar-refractivity contribution in [1.29, 1.82) is 0 Å². The minimum atomic E-state index is 1.27. The van der Waals surface area contributed by atoms with Crippen LogP contribution in [0.3, 0.4) is 0 Å². The zero-order valence-electron chi connectivity index (χ0n) is 16.8. The molecule has 0 saturated heterocycles. The lowest BCUT2D eigenvalue weighted by molar-refractivity contribution is 0.576. The van der Waals surface area contributed by atoms with E-state index in [1.165, 1.54) is 95.7 Å². The smallest absolute Gasteiger partial charge is 0.0893 e. The van der Waals surface area contributed by atoms with Gasteiger partial charge in [-0.2, -0.15) is 0 Å². The van der Waals surface area contributed by atoms with Crippen LogP contribution in [0.5, 0.6) is 0 Å². The zero-order valence-corrected chi connectivity index (χ0v) is 20.9. The Morgan fingerprint density at radius 1 is 0.690 bits per heavy atom. The van der Waals surface area contributed by atoms with Crippen molar-refractivity contribution in [1.82, 2.24) is 0 Å². The van der Waals surface area contributed by atoms with Crippen LogP contribution in [0.15, 0.2) is 29.6 Å². The maximum Gasteiger partial charge on any atom is 0.0893 e. The molecule has 0 spiro atoms. The van der Waals surface area contributed by atoms with Gasteiger partial charge in [0.1, 0.15) is 0 Å². The summed E-state index contributed by atoms with van der Waals surface area (Å²) in [5.41, 5.74) is 0. The Balaban J connectivity index is 1.25. The Bertz CT molecular complexity index is 1190. The van der Waals surface area contributed by atoms with E-state index in [9.17, 15) is 0 Å². The van der Waals surface area contributed by atoms with Crippen molar-refractivity contribution in [2.45, 2.75) is 64.7 Å². The molecule has 29 heavy (non-hydrogen) atoms. The molecule has 0 N–H and O–H groups in total. The molecule has 5 rings (SSSR count). The van der Waals surface area contributed by atoms with E-state index in [1.807, 2.05) is 56.7 Å². The van der Waals surface area contributed by atoms with E-state index in [-0.39, 0.29) is 0 Å². The van der Waals surface area contributed by atoms with Crippen molar-refractivity contribution in [2.75, 3.05) is 0 Å². The Labute approximate surface area is 192 Å². The number of hydrogen-bond acceptors (Lipinski definition) is 5. The fourth-order valence-electron chi connectivity index (χ4n) is 4.00. The molecule has 0 aliphatic rings. The van der Waals surface area contributed by atoms with Gasteiger partial charge >= 0.3 is 0 Å². The van der Waals surface area contributed by atoms with Crippen LogP contribution in [-0.4, -0.2) is 0 Å². The molecule has 0 unspecified atom stereocenters. The molecular weight excluding hydrogens is 449 g/mol. The summed E-state index contributed by atoms with van der Waals surface area (Å²) in [6.07, 6.45) is 12.5. The number of rotatable bonds is 10. The molecule has 0 nitrogen and oxygen atoms in total. The first-order valence-corrected chi connectivity index (χ1v) is 14.9. The molecule has 0 fully saturated rings.